The molecule has 0 aliphatic heterocycles. The quantitative estimate of drug-likeness (QED) is 0.753. The lowest BCUT2D eigenvalue weighted by atomic mass is 10.1. The van der Waals surface area contributed by atoms with Crippen molar-refractivity contribution in [3.63, 3.8) is 0 Å². The predicted octanol–water partition coefficient (Wildman–Crippen LogP) is 2.73. The highest BCUT2D eigenvalue weighted by Gasteiger charge is 2.26. The molecule has 1 heterocycles. The van der Waals surface area contributed by atoms with Crippen molar-refractivity contribution < 1.29 is 4.52 Å². The third-order valence-corrected chi connectivity index (χ3v) is 3.72. The van der Waals surface area contributed by atoms with Gasteiger partial charge in [-0.1, -0.05) is 12.1 Å². The molecule has 86 valence electrons. The van der Waals surface area contributed by atoms with Gasteiger partial charge < -0.3 is 4.52 Å². The van der Waals surface area contributed by atoms with Crippen LogP contribution in [0.5, 0.6) is 0 Å². The molecule has 0 aromatic carbocycles. The van der Waals surface area contributed by atoms with Gasteiger partial charge in [0.2, 0.25) is 5.89 Å². The number of aromatic nitrogens is 2. The maximum absolute atomic E-state index is 8.41. The zero-order valence-electron chi connectivity index (χ0n) is 9.35. The van der Waals surface area contributed by atoms with Gasteiger partial charge >= 0.3 is 0 Å². The van der Waals surface area contributed by atoms with E-state index in [0.29, 0.717) is 23.3 Å². The molecule has 0 amide bonds. The summed E-state index contributed by atoms with van der Waals surface area (Å²) in [7, 11) is 0. The van der Waals surface area contributed by atoms with E-state index >= 15 is 0 Å². The van der Waals surface area contributed by atoms with Crippen molar-refractivity contribution in [1.82, 2.24) is 10.1 Å². The summed E-state index contributed by atoms with van der Waals surface area (Å²) < 4.78 is 5.17. The Morgan fingerprint density at radius 1 is 1.56 bits per heavy atom. The second-order valence-electron chi connectivity index (χ2n) is 4.31. The van der Waals surface area contributed by atoms with Crippen LogP contribution in [0.3, 0.4) is 0 Å². The molecule has 1 fully saturated rings. The molecular weight excluding hydrogens is 222 g/mol. The first-order valence-corrected chi connectivity index (χ1v) is 6.72. The number of hydrogen-bond acceptors (Lipinski definition) is 5. The van der Waals surface area contributed by atoms with Crippen molar-refractivity contribution in [2.24, 2.45) is 5.92 Å². The van der Waals surface area contributed by atoms with E-state index in [9.17, 15) is 0 Å². The summed E-state index contributed by atoms with van der Waals surface area (Å²) in [6.07, 6.45) is 3.60. The van der Waals surface area contributed by atoms with E-state index in [2.05, 4.69) is 23.1 Å². The minimum atomic E-state index is 0.470. The summed E-state index contributed by atoms with van der Waals surface area (Å²) in [6, 6.07) is 2.08. The molecule has 1 aromatic rings. The fourth-order valence-electron chi connectivity index (χ4n) is 2.12. The highest BCUT2D eigenvalue weighted by molar-refractivity contribution is 7.98. The molecule has 2 unspecified atom stereocenters. The maximum Gasteiger partial charge on any atom is 0.236 e. The topological polar surface area (TPSA) is 62.7 Å². The zero-order chi connectivity index (χ0) is 11.4. The normalized spacial score (nSPS) is 24.5. The van der Waals surface area contributed by atoms with Crippen LogP contribution >= 0.6 is 11.8 Å². The van der Waals surface area contributed by atoms with Crippen molar-refractivity contribution in [2.75, 3.05) is 5.75 Å². The van der Waals surface area contributed by atoms with Gasteiger partial charge in [0.1, 0.15) is 0 Å². The van der Waals surface area contributed by atoms with E-state index in [4.69, 9.17) is 9.78 Å². The lowest BCUT2D eigenvalue weighted by Gasteiger charge is -2.01. The zero-order valence-corrected chi connectivity index (χ0v) is 10.2. The van der Waals surface area contributed by atoms with Gasteiger partial charge in [-0.15, -0.1) is 11.8 Å². The van der Waals surface area contributed by atoms with E-state index in [-0.39, 0.29) is 0 Å². The maximum atomic E-state index is 8.41. The van der Waals surface area contributed by atoms with E-state index in [1.54, 1.807) is 0 Å². The number of nitrogens with zero attached hydrogens (tertiary/aromatic N) is 3. The summed E-state index contributed by atoms with van der Waals surface area (Å²) in [5.41, 5.74) is 0. The number of nitriles is 1. The highest BCUT2D eigenvalue weighted by Crippen LogP contribution is 2.36. The summed E-state index contributed by atoms with van der Waals surface area (Å²) in [5.74, 6) is 3.88. The molecule has 2 rings (SSSR count). The van der Waals surface area contributed by atoms with Gasteiger partial charge in [-0.3, -0.25) is 0 Å². The van der Waals surface area contributed by atoms with Crippen LogP contribution in [0.4, 0.5) is 0 Å². The lowest BCUT2D eigenvalue weighted by molar-refractivity contribution is 0.380. The van der Waals surface area contributed by atoms with Gasteiger partial charge in [0.25, 0.3) is 0 Å². The van der Waals surface area contributed by atoms with Crippen LogP contribution in [0.2, 0.25) is 0 Å². The summed E-state index contributed by atoms with van der Waals surface area (Å²) in [6.45, 7) is 2.27. The Balaban J connectivity index is 1.90. The number of hydrogen-bond donors (Lipinski definition) is 0. The first-order chi connectivity index (χ1) is 7.79. The Bertz CT molecular complexity index is 385. The molecule has 1 aliphatic carbocycles. The lowest BCUT2D eigenvalue weighted by Crippen LogP contribution is -1.96. The monoisotopic (exact) mass is 237 g/mol. The Kier molecular flexibility index (Phi) is 3.83. The largest absolute Gasteiger partial charge is 0.338 e. The van der Waals surface area contributed by atoms with Crippen molar-refractivity contribution >= 4 is 11.8 Å². The van der Waals surface area contributed by atoms with Crippen LogP contribution in [-0.2, 0) is 5.75 Å². The van der Waals surface area contributed by atoms with Crippen LogP contribution in [0.15, 0.2) is 4.52 Å². The van der Waals surface area contributed by atoms with Crippen molar-refractivity contribution in [3.05, 3.63) is 11.7 Å². The predicted molar refractivity (Wildman–Crippen MR) is 61.8 cm³/mol. The molecule has 1 aromatic heterocycles. The van der Waals surface area contributed by atoms with Crippen molar-refractivity contribution in [2.45, 2.75) is 37.9 Å². The van der Waals surface area contributed by atoms with E-state index in [1.165, 1.54) is 31.0 Å². The van der Waals surface area contributed by atoms with E-state index in [1.807, 2.05) is 0 Å². The molecule has 0 N–H and O–H groups in total. The first-order valence-electron chi connectivity index (χ1n) is 5.56. The molecule has 16 heavy (non-hydrogen) atoms. The van der Waals surface area contributed by atoms with Crippen molar-refractivity contribution in [1.29, 1.82) is 5.26 Å². The summed E-state index contributed by atoms with van der Waals surface area (Å²) >= 11 is 1.51. The first kappa shape index (κ1) is 11.5. The molecule has 0 saturated heterocycles. The molecule has 1 aliphatic rings. The Morgan fingerprint density at radius 3 is 3.12 bits per heavy atom. The Labute approximate surface area is 99.4 Å². The van der Waals surface area contributed by atoms with E-state index < -0.39 is 0 Å². The average molecular weight is 237 g/mol. The van der Waals surface area contributed by atoms with Crippen LogP contribution in [0.25, 0.3) is 0 Å². The van der Waals surface area contributed by atoms with Gasteiger partial charge in [0, 0.05) is 5.92 Å². The van der Waals surface area contributed by atoms with Crippen LogP contribution in [-0.4, -0.2) is 15.9 Å². The standard InChI is InChI=1S/C11H15N3OS/c1-8-2-3-9(6-8)11-13-10(15-14-11)7-16-5-4-12/h8-9H,2-3,5-7H2,1H3. The fraction of sp³-hybridized carbons (Fsp3) is 0.727. The van der Waals surface area contributed by atoms with Gasteiger partial charge in [-0.05, 0) is 25.2 Å². The minimum Gasteiger partial charge on any atom is -0.338 e. The third kappa shape index (κ3) is 2.76. The number of rotatable bonds is 4. The highest BCUT2D eigenvalue weighted by atomic mass is 32.2. The van der Waals surface area contributed by atoms with Gasteiger partial charge in [-0.2, -0.15) is 10.2 Å². The fourth-order valence-corrected chi connectivity index (χ4v) is 2.60. The van der Waals surface area contributed by atoms with Crippen LogP contribution in [0.1, 0.15) is 43.8 Å². The van der Waals surface area contributed by atoms with Crippen molar-refractivity contribution in [3.8, 4) is 6.07 Å². The molecule has 0 radical (unpaired) electrons. The molecule has 4 nitrogen and oxygen atoms in total. The van der Waals surface area contributed by atoms with Gasteiger partial charge in [0.05, 0.1) is 17.6 Å². The van der Waals surface area contributed by atoms with E-state index in [0.717, 1.165) is 11.7 Å². The smallest absolute Gasteiger partial charge is 0.236 e. The Hall–Kier alpha value is -1.02. The van der Waals surface area contributed by atoms with Crippen LogP contribution < -0.4 is 0 Å². The summed E-state index contributed by atoms with van der Waals surface area (Å²) in [4.78, 5) is 4.39. The molecule has 2 atom stereocenters. The third-order valence-electron chi connectivity index (χ3n) is 2.94. The molecule has 1 saturated carbocycles. The van der Waals surface area contributed by atoms with Gasteiger partial charge in [0.15, 0.2) is 5.82 Å². The molecule has 0 spiro atoms. The second kappa shape index (κ2) is 5.35. The minimum absolute atomic E-state index is 0.470. The molecule has 0 bridgehead atoms. The number of thioether (sulfide) groups is 1. The second-order valence-corrected chi connectivity index (χ2v) is 5.30. The SMILES string of the molecule is CC1CCC(c2noc(CSCC#N)n2)C1. The average Bonchev–Trinajstić information content (AvgIpc) is 2.87. The molecular formula is C11H15N3OS. The van der Waals surface area contributed by atoms with Gasteiger partial charge in [-0.25, -0.2) is 0 Å². The summed E-state index contributed by atoms with van der Waals surface area (Å²) in [5, 5.41) is 12.4. The molecule has 5 heteroatoms. The van der Waals surface area contributed by atoms with Crippen LogP contribution in [0, 0.1) is 17.2 Å². The Morgan fingerprint density at radius 2 is 2.44 bits per heavy atom.